The van der Waals surface area contributed by atoms with Crippen LogP contribution >= 0.6 is 0 Å². The van der Waals surface area contributed by atoms with Crippen molar-refractivity contribution in [1.29, 1.82) is 0 Å². The number of rotatable bonds is 1. The molecule has 2 N–H and O–H groups in total. The van der Waals surface area contributed by atoms with Crippen LogP contribution in [-0.2, 0) is 9.59 Å². The number of hydrogen-bond donors (Lipinski definition) is 2. The standard InChI is InChI=1S/C8H13NO3/c1-8(7(11)12)4-2-3-5-9-6(8)10/h2-5H2,1H3,(H,9,10)(H,11,12)/t8-/m0/s1. The van der Waals surface area contributed by atoms with Gasteiger partial charge in [0.15, 0.2) is 0 Å². The summed E-state index contributed by atoms with van der Waals surface area (Å²) in [5.74, 6) is -1.38. The molecule has 12 heavy (non-hydrogen) atoms. The fourth-order valence-corrected chi connectivity index (χ4v) is 1.32. The Morgan fingerprint density at radius 3 is 2.83 bits per heavy atom. The molecule has 0 radical (unpaired) electrons. The number of carboxylic acids is 1. The summed E-state index contributed by atoms with van der Waals surface area (Å²) in [7, 11) is 0. The number of carbonyl (C=O) groups excluding carboxylic acids is 1. The third-order valence-corrected chi connectivity index (χ3v) is 2.36. The van der Waals surface area contributed by atoms with Crippen LogP contribution in [0, 0.1) is 5.41 Å². The Morgan fingerprint density at radius 1 is 1.58 bits per heavy atom. The highest BCUT2D eigenvalue weighted by Gasteiger charge is 2.41. The zero-order valence-electron chi connectivity index (χ0n) is 7.09. The second-order valence-corrected chi connectivity index (χ2v) is 3.35. The van der Waals surface area contributed by atoms with Gasteiger partial charge in [-0.05, 0) is 19.8 Å². The van der Waals surface area contributed by atoms with Gasteiger partial charge in [-0.1, -0.05) is 6.42 Å². The molecule has 4 heteroatoms. The second-order valence-electron chi connectivity index (χ2n) is 3.35. The van der Waals surface area contributed by atoms with E-state index in [4.69, 9.17) is 5.11 Å². The third kappa shape index (κ3) is 1.42. The lowest BCUT2D eigenvalue weighted by molar-refractivity contribution is -0.154. The highest BCUT2D eigenvalue weighted by atomic mass is 16.4. The first-order chi connectivity index (χ1) is 5.57. The molecule has 0 aromatic heterocycles. The quantitative estimate of drug-likeness (QED) is 0.560. The Kier molecular flexibility index (Phi) is 2.35. The van der Waals surface area contributed by atoms with Crippen LogP contribution in [0.15, 0.2) is 0 Å². The lowest BCUT2D eigenvalue weighted by Crippen LogP contribution is -2.42. The molecule has 4 nitrogen and oxygen atoms in total. The highest BCUT2D eigenvalue weighted by Crippen LogP contribution is 2.26. The van der Waals surface area contributed by atoms with Gasteiger partial charge in [0, 0.05) is 6.54 Å². The van der Waals surface area contributed by atoms with Crippen molar-refractivity contribution in [3.05, 3.63) is 0 Å². The van der Waals surface area contributed by atoms with E-state index in [0.29, 0.717) is 13.0 Å². The maximum atomic E-state index is 11.3. The maximum Gasteiger partial charge on any atom is 0.318 e. The summed E-state index contributed by atoms with van der Waals surface area (Å²) >= 11 is 0. The predicted molar refractivity (Wildman–Crippen MR) is 42.6 cm³/mol. The first-order valence-corrected chi connectivity index (χ1v) is 4.09. The molecule has 0 saturated carbocycles. The van der Waals surface area contributed by atoms with Crippen molar-refractivity contribution < 1.29 is 14.7 Å². The third-order valence-electron chi connectivity index (χ3n) is 2.36. The van der Waals surface area contributed by atoms with Gasteiger partial charge in [0.25, 0.3) is 0 Å². The minimum Gasteiger partial charge on any atom is -0.480 e. The summed E-state index contributed by atoms with van der Waals surface area (Å²) in [6, 6.07) is 0. The molecule has 0 aromatic rings. The van der Waals surface area contributed by atoms with Crippen LogP contribution in [0.1, 0.15) is 26.2 Å². The van der Waals surface area contributed by atoms with Crippen LogP contribution < -0.4 is 5.32 Å². The SMILES string of the molecule is C[C@]1(C(=O)O)CCCCNC1=O. The molecular weight excluding hydrogens is 158 g/mol. The summed E-state index contributed by atoms with van der Waals surface area (Å²) in [5, 5.41) is 11.4. The molecule has 0 bridgehead atoms. The minimum absolute atomic E-state index is 0.354. The Labute approximate surface area is 71.0 Å². The smallest absolute Gasteiger partial charge is 0.318 e. The second kappa shape index (κ2) is 3.13. The van der Waals surface area contributed by atoms with E-state index in [1.807, 2.05) is 0 Å². The molecule has 0 unspecified atom stereocenters. The zero-order chi connectivity index (χ0) is 9.19. The fourth-order valence-electron chi connectivity index (χ4n) is 1.32. The van der Waals surface area contributed by atoms with E-state index in [2.05, 4.69) is 5.32 Å². The Bertz CT molecular complexity index is 214. The summed E-state index contributed by atoms with van der Waals surface area (Å²) < 4.78 is 0. The molecule has 1 fully saturated rings. The lowest BCUT2D eigenvalue weighted by atomic mass is 9.85. The fraction of sp³-hybridized carbons (Fsp3) is 0.750. The Hall–Kier alpha value is -1.06. The number of carbonyl (C=O) groups is 2. The molecule has 0 aromatic carbocycles. The zero-order valence-corrected chi connectivity index (χ0v) is 7.09. The van der Waals surface area contributed by atoms with E-state index >= 15 is 0 Å². The molecule has 1 atom stereocenters. The summed E-state index contributed by atoms with van der Waals surface area (Å²) in [6.45, 7) is 2.08. The van der Waals surface area contributed by atoms with Gasteiger partial charge in [0.2, 0.25) is 5.91 Å². The molecule has 1 aliphatic heterocycles. The molecule has 1 amide bonds. The van der Waals surface area contributed by atoms with E-state index in [1.54, 1.807) is 0 Å². The van der Waals surface area contributed by atoms with Crippen LogP contribution in [0.5, 0.6) is 0 Å². The largest absolute Gasteiger partial charge is 0.480 e. The van der Waals surface area contributed by atoms with Crippen molar-refractivity contribution in [3.63, 3.8) is 0 Å². The van der Waals surface area contributed by atoms with Crippen molar-refractivity contribution in [1.82, 2.24) is 5.32 Å². The Morgan fingerprint density at radius 2 is 2.25 bits per heavy atom. The normalized spacial score (nSPS) is 30.6. The van der Waals surface area contributed by atoms with Gasteiger partial charge in [-0.25, -0.2) is 0 Å². The molecular formula is C8H13NO3. The number of carboxylic acid groups (broad SMARTS) is 1. The monoisotopic (exact) mass is 171 g/mol. The average molecular weight is 171 g/mol. The van der Waals surface area contributed by atoms with Gasteiger partial charge in [0.05, 0.1) is 0 Å². The summed E-state index contributed by atoms with van der Waals surface area (Å²) in [5.41, 5.74) is -1.21. The number of amides is 1. The van der Waals surface area contributed by atoms with Crippen molar-refractivity contribution in [2.24, 2.45) is 5.41 Å². The molecule has 0 spiro atoms. The van der Waals surface area contributed by atoms with Crippen molar-refractivity contribution in [2.75, 3.05) is 6.54 Å². The van der Waals surface area contributed by atoms with Gasteiger partial charge in [-0.2, -0.15) is 0 Å². The van der Waals surface area contributed by atoms with Gasteiger partial charge in [-0.15, -0.1) is 0 Å². The molecule has 1 heterocycles. The van der Waals surface area contributed by atoms with E-state index in [1.165, 1.54) is 6.92 Å². The van der Waals surface area contributed by atoms with E-state index in [9.17, 15) is 9.59 Å². The van der Waals surface area contributed by atoms with Gasteiger partial charge >= 0.3 is 5.97 Å². The number of nitrogens with one attached hydrogen (secondary N) is 1. The van der Waals surface area contributed by atoms with Crippen LogP contribution in [0.2, 0.25) is 0 Å². The van der Waals surface area contributed by atoms with Crippen LogP contribution in [0.4, 0.5) is 0 Å². The average Bonchev–Trinajstić information content (AvgIpc) is 2.16. The molecule has 1 aliphatic rings. The molecule has 68 valence electrons. The molecule has 0 aliphatic carbocycles. The van der Waals surface area contributed by atoms with Crippen LogP contribution in [-0.4, -0.2) is 23.5 Å². The van der Waals surface area contributed by atoms with Gasteiger partial charge in [-0.3, -0.25) is 9.59 Å². The van der Waals surface area contributed by atoms with E-state index in [-0.39, 0.29) is 5.91 Å². The van der Waals surface area contributed by atoms with Gasteiger partial charge < -0.3 is 10.4 Å². The van der Waals surface area contributed by atoms with Crippen molar-refractivity contribution >= 4 is 11.9 Å². The maximum absolute atomic E-state index is 11.3. The lowest BCUT2D eigenvalue weighted by Gasteiger charge is -2.19. The minimum atomic E-state index is -1.21. The number of aliphatic carboxylic acids is 1. The van der Waals surface area contributed by atoms with Gasteiger partial charge in [0.1, 0.15) is 5.41 Å². The van der Waals surface area contributed by atoms with E-state index in [0.717, 1.165) is 12.8 Å². The van der Waals surface area contributed by atoms with Crippen molar-refractivity contribution in [2.45, 2.75) is 26.2 Å². The molecule has 1 saturated heterocycles. The number of hydrogen-bond acceptors (Lipinski definition) is 2. The van der Waals surface area contributed by atoms with Crippen molar-refractivity contribution in [3.8, 4) is 0 Å². The first-order valence-electron chi connectivity index (χ1n) is 4.09. The van der Waals surface area contributed by atoms with Crippen LogP contribution in [0.25, 0.3) is 0 Å². The highest BCUT2D eigenvalue weighted by molar-refractivity contribution is 6.01. The summed E-state index contributed by atoms with van der Waals surface area (Å²) in [6.07, 6.45) is 2.10. The van der Waals surface area contributed by atoms with E-state index < -0.39 is 11.4 Å². The Balaban J connectivity index is 2.83. The first kappa shape index (κ1) is 9.03. The topological polar surface area (TPSA) is 66.4 Å². The van der Waals surface area contributed by atoms with Crippen LogP contribution in [0.3, 0.4) is 0 Å². The predicted octanol–water partition coefficient (Wildman–Crippen LogP) is 0.377. The summed E-state index contributed by atoms with van der Waals surface area (Å²) in [4.78, 5) is 22.1. The molecule has 1 rings (SSSR count).